The van der Waals surface area contributed by atoms with Gasteiger partial charge < -0.3 is 14.2 Å². The number of hydrogen-bond donors (Lipinski definition) is 0. The first kappa shape index (κ1) is 13.3. The average Bonchev–Trinajstić information content (AvgIpc) is 2.42. The lowest BCUT2D eigenvalue weighted by molar-refractivity contribution is -0.154. The van der Waals surface area contributed by atoms with E-state index in [1.165, 1.54) is 12.2 Å². The van der Waals surface area contributed by atoms with Crippen molar-refractivity contribution in [3.8, 4) is 0 Å². The fraction of sp³-hybridized carbons (Fsp3) is 0.286. The monoisotopic (exact) mass is 262 g/mol. The number of ether oxygens (including phenoxy) is 3. The molecule has 1 aliphatic rings. The molecule has 0 aromatic heterocycles. The Morgan fingerprint density at radius 3 is 2.74 bits per heavy atom. The van der Waals surface area contributed by atoms with Crippen molar-refractivity contribution in [2.45, 2.75) is 19.3 Å². The third-order valence-electron chi connectivity index (χ3n) is 2.52. The van der Waals surface area contributed by atoms with Gasteiger partial charge in [0.15, 0.2) is 5.78 Å². The van der Waals surface area contributed by atoms with Gasteiger partial charge in [0.2, 0.25) is 6.29 Å². The highest BCUT2D eigenvalue weighted by atomic mass is 16.8. The summed E-state index contributed by atoms with van der Waals surface area (Å²) in [6, 6.07) is 9.03. The topological polar surface area (TPSA) is 61.8 Å². The first-order chi connectivity index (χ1) is 9.20. The molecule has 0 bridgehead atoms. The molecule has 2 rings (SSSR count). The molecule has 5 nitrogen and oxygen atoms in total. The highest BCUT2D eigenvalue weighted by Gasteiger charge is 2.28. The molecule has 1 aliphatic heterocycles. The van der Waals surface area contributed by atoms with Crippen LogP contribution in [0, 0.1) is 0 Å². The van der Waals surface area contributed by atoms with E-state index in [0.29, 0.717) is 5.56 Å². The van der Waals surface area contributed by atoms with Gasteiger partial charge in [0.05, 0.1) is 6.61 Å². The molecule has 0 radical (unpaired) electrons. The Morgan fingerprint density at radius 1 is 1.32 bits per heavy atom. The minimum atomic E-state index is -0.915. The zero-order valence-corrected chi connectivity index (χ0v) is 10.4. The summed E-state index contributed by atoms with van der Waals surface area (Å²) in [5.74, 6) is -0.185. The fourth-order valence-corrected chi connectivity index (χ4v) is 1.69. The number of ketones is 1. The molecule has 1 heterocycles. The van der Waals surface area contributed by atoms with Gasteiger partial charge in [-0.15, -0.1) is 0 Å². The molecule has 0 spiro atoms. The predicted molar refractivity (Wildman–Crippen MR) is 66.3 cm³/mol. The summed E-state index contributed by atoms with van der Waals surface area (Å²) in [7, 11) is 0. The largest absolute Gasteiger partial charge is 0.510 e. The summed E-state index contributed by atoms with van der Waals surface area (Å²) in [6.45, 7) is 1.89. The molecule has 0 fully saturated rings. The molecule has 0 aliphatic carbocycles. The maximum Gasteiger partial charge on any atom is 0.510 e. The van der Waals surface area contributed by atoms with Gasteiger partial charge in [0.25, 0.3) is 0 Å². The Bertz CT molecular complexity index is 480. The lowest BCUT2D eigenvalue weighted by Crippen LogP contribution is -2.29. The second-order valence-electron chi connectivity index (χ2n) is 3.86. The van der Waals surface area contributed by atoms with Crippen LogP contribution in [0.2, 0.25) is 0 Å². The van der Waals surface area contributed by atoms with E-state index >= 15 is 0 Å². The van der Waals surface area contributed by atoms with E-state index in [9.17, 15) is 9.59 Å². The van der Waals surface area contributed by atoms with Crippen molar-refractivity contribution >= 4 is 11.9 Å². The van der Waals surface area contributed by atoms with Gasteiger partial charge in [-0.3, -0.25) is 4.79 Å². The summed E-state index contributed by atoms with van der Waals surface area (Å²) in [5, 5.41) is 0. The summed E-state index contributed by atoms with van der Waals surface area (Å²) < 4.78 is 15.0. The number of hydrogen-bond acceptors (Lipinski definition) is 5. The Kier molecular flexibility index (Phi) is 4.30. The minimum absolute atomic E-state index is 0.185. The molecule has 0 saturated carbocycles. The lowest BCUT2D eigenvalue weighted by Gasteiger charge is -2.24. The van der Waals surface area contributed by atoms with Gasteiger partial charge in [-0.25, -0.2) is 4.79 Å². The van der Waals surface area contributed by atoms with Crippen LogP contribution in [0.4, 0.5) is 4.79 Å². The van der Waals surface area contributed by atoms with Gasteiger partial charge >= 0.3 is 6.16 Å². The first-order valence-electron chi connectivity index (χ1n) is 5.96. The second-order valence-corrected chi connectivity index (χ2v) is 3.86. The molecule has 0 saturated heterocycles. The Hall–Kier alpha value is -2.14. The standard InChI is InChI=1S/C14H14O5/c1-2-17-14(16)19-12-9-8-11(15)13(18-12)10-6-4-3-5-7-10/h3-9,12-13H,2H2,1H3. The molecule has 1 aromatic carbocycles. The predicted octanol–water partition coefficient (Wildman–Crippen LogP) is 2.38. The van der Waals surface area contributed by atoms with Crippen molar-refractivity contribution in [3.05, 3.63) is 48.0 Å². The molecular formula is C14H14O5. The fourth-order valence-electron chi connectivity index (χ4n) is 1.69. The lowest BCUT2D eigenvalue weighted by atomic mass is 10.0. The highest BCUT2D eigenvalue weighted by Crippen LogP contribution is 2.25. The maximum absolute atomic E-state index is 11.8. The first-order valence-corrected chi connectivity index (χ1v) is 5.96. The van der Waals surface area contributed by atoms with E-state index in [0.717, 1.165) is 0 Å². The van der Waals surface area contributed by atoms with Crippen LogP contribution < -0.4 is 0 Å². The Labute approximate surface area is 110 Å². The molecule has 0 N–H and O–H groups in total. The zero-order valence-electron chi connectivity index (χ0n) is 10.4. The number of carbonyl (C=O) groups is 2. The van der Waals surface area contributed by atoms with Gasteiger partial charge in [-0.05, 0) is 24.6 Å². The van der Waals surface area contributed by atoms with Crippen molar-refractivity contribution in [2.24, 2.45) is 0 Å². The molecule has 2 atom stereocenters. The van der Waals surface area contributed by atoms with Crippen LogP contribution in [0.5, 0.6) is 0 Å². The molecule has 2 unspecified atom stereocenters. The summed E-state index contributed by atoms with van der Waals surface area (Å²) >= 11 is 0. The van der Waals surface area contributed by atoms with Crippen LogP contribution in [-0.2, 0) is 19.0 Å². The van der Waals surface area contributed by atoms with E-state index in [1.807, 2.05) is 18.2 Å². The van der Waals surface area contributed by atoms with E-state index < -0.39 is 18.5 Å². The molecular weight excluding hydrogens is 248 g/mol. The Balaban J connectivity index is 2.06. The van der Waals surface area contributed by atoms with Crippen LogP contribution in [0.25, 0.3) is 0 Å². The van der Waals surface area contributed by atoms with Gasteiger partial charge in [0, 0.05) is 0 Å². The number of carbonyl (C=O) groups excluding carboxylic acids is 2. The molecule has 0 amide bonds. The summed E-state index contributed by atoms with van der Waals surface area (Å²) in [5.41, 5.74) is 0.717. The van der Waals surface area contributed by atoms with Gasteiger partial charge in [0.1, 0.15) is 6.10 Å². The highest BCUT2D eigenvalue weighted by molar-refractivity contribution is 5.95. The van der Waals surface area contributed by atoms with Gasteiger partial charge in [-0.2, -0.15) is 0 Å². The number of rotatable bonds is 3. The van der Waals surface area contributed by atoms with Crippen LogP contribution >= 0.6 is 0 Å². The van der Waals surface area contributed by atoms with Crippen molar-refractivity contribution in [1.82, 2.24) is 0 Å². The molecule has 1 aromatic rings. The normalized spacial score (nSPS) is 22.1. The van der Waals surface area contributed by atoms with Crippen molar-refractivity contribution in [2.75, 3.05) is 6.61 Å². The molecule has 100 valence electrons. The van der Waals surface area contributed by atoms with Crippen LogP contribution in [-0.4, -0.2) is 24.8 Å². The van der Waals surface area contributed by atoms with Crippen molar-refractivity contribution < 1.29 is 23.8 Å². The number of benzene rings is 1. The Morgan fingerprint density at radius 2 is 2.05 bits per heavy atom. The third kappa shape index (κ3) is 3.42. The SMILES string of the molecule is CCOC(=O)OC1C=CC(=O)C(c2ccccc2)O1. The van der Waals surface area contributed by atoms with E-state index in [2.05, 4.69) is 4.74 Å². The van der Waals surface area contributed by atoms with Crippen molar-refractivity contribution in [3.63, 3.8) is 0 Å². The maximum atomic E-state index is 11.8. The van der Waals surface area contributed by atoms with E-state index in [4.69, 9.17) is 9.47 Å². The van der Waals surface area contributed by atoms with E-state index in [1.54, 1.807) is 19.1 Å². The smallest absolute Gasteiger partial charge is 0.435 e. The molecule has 5 heteroatoms. The van der Waals surface area contributed by atoms with Gasteiger partial charge in [-0.1, -0.05) is 30.3 Å². The zero-order chi connectivity index (χ0) is 13.7. The summed E-state index contributed by atoms with van der Waals surface area (Å²) in [6.07, 6.45) is 0.245. The van der Waals surface area contributed by atoms with E-state index in [-0.39, 0.29) is 12.4 Å². The third-order valence-corrected chi connectivity index (χ3v) is 2.52. The summed E-state index contributed by atoms with van der Waals surface area (Å²) in [4.78, 5) is 23.0. The average molecular weight is 262 g/mol. The van der Waals surface area contributed by atoms with Crippen LogP contribution in [0.15, 0.2) is 42.5 Å². The second kappa shape index (κ2) is 6.15. The van der Waals surface area contributed by atoms with Crippen LogP contribution in [0.3, 0.4) is 0 Å². The van der Waals surface area contributed by atoms with Crippen molar-refractivity contribution in [1.29, 1.82) is 0 Å². The van der Waals surface area contributed by atoms with Crippen LogP contribution in [0.1, 0.15) is 18.6 Å². The minimum Gasteiger partial charge on any atom is -0.435 e. The molecule has 19 heavy (non-hydrogen) atoms. The quantitative estimate of drug-likeness (QED) is 0.783.